The minimum atomic E-state index is -0.512. The number of carbonyl (C=O) groups is 2. The highest BCUT2D eigenvalue weighted by Gasteiger charge is 2.13. The number of rotatable bonds is 9. The van der Waals surface area contributed by atoms with Gasteiger partial charge >= 0.3 is 5.97 Å². The van der Waals surface area contributed by atoms with Crippen molar-refractivity contribution < 1.29 is 23.8 Å². The van der Waals surface area contributed by atoms with E-state index < -0.39 is 5.97 Å². The van der Waals surface area contributed by atoms with Crippen LogP contribution in [-0.4, -0.2) is 31.8 Å². The monoisotopic (exact) mass is 432 g/mol. The molecule has 0 spiro atoms. The summed E-state index contributed by atoms with van der Waals surface area (Å²) in [5.41, 5.74) is 4.03. The second-order valence-corrected chi connectivity index (χ2v) is 6.74. The molecule has 0 aliphatic heterocycles. The highest BCUT2D eigenvalue weighted by molar-refractivity contribution is 5.95. The average molecular weight is 432 g/mol. The van der Waals surface area contributed by atoms with Gasteiger partial charge in [-0.05, 0) is 66.6 Å². The van der Waals surface area contributed by atoms with Crippen LogP contribution in [0.15, 0.2) is 77.9 Å². The molecule has 32 heavy (non-hydrogen) atoms. The number of hydrazone groups is 1. The van der Waals surface area contributed by atoms with Gasteiger partial charge in [0.05, 0.1) is 25.5 Å². The zero-order chi connectivity index (χ0) is 22.8. The fraction of sp³-hybridized carbons (Fsp3) is 0.160. The molecule has 0 radical (unpaired) electrons. The molecule has 7 heteroatoms. The molecular weight excluding hydrogens is 408 g/mol. The van der Waals surface area contributed by atoms with E-state index in [0.717, 1.165) is 6.42 Å². The van der Waals surface area contributed by atoms with Crippen LogP contribution in [0.3, 0.4) is 0 Å². The summed E-state index contributed by atoms with van der Waals surface area (Å²) in [5.74, 6) is 0.505. The number of nitrogens with one attached hydrogen (secondary N) is 1. The van der Waals surface area contributed by atoms with E-state index in [4.69, 9.17) is 14.2 Å². The first-order valence-electron chi connectivity index (χ1n) is 10.1. The SMILES string of the molecule is CCCOc1ccc(C(=O)Oc2ccc(/C=N/NC(=O)c3ccccc3)cc2OC)cc1. The Morgan fingerprint density at radius 1 is 0.938 bits per heavy atom. The van der Waals surface area contributed by atoms with E-state index in [0.29, 0.717) is 34.8 Å². The fourth-order valence-electron chi connectivity index (χ4n) is 2.73. The molecule has 1 N–H and O–H groups in total. The Morgan fingerprint density at radius 3 is 2.38 bits per heavy atom. The molecule has 0 unspecified atom stereocenters. The van der Waals surface area contributed by atoms with E-state index in [9.17, 15) is 9.59 Å². The van der Waals surface area contributed by atoms with Crippen LogP contribution < -0.4 is 19.6 Å². The van der Waals surface area contributed by atoms with Gasteiger partial charge in [-0.15, -0.1) is 0 Å². The first-order valence-corrected chi connectivity index (χ1v) is 10.1. The number of methoxy groups -OCH3 is 1. The Kier molecular flexibility index (Phi) is 7.97. The van der Waals surface area contributed by atoms with Crippen molar-refractivity contribution in [2.45, 2.75) is 13.3 Å². The number of amides is 1. The molecule has 3 aromatic rings. The minimum Gasteiger partial charge on any atom is -0.494 e. The third-order valence-corrected chi connectivity index (χ3v) is 4.37. The Bertz CT molecular complexity index is 1080. The van der Waals surface area contributed by atoms with Gasteiger partial charge < -0.3 is 14.2 Å². The number of ether oxygens (including phenoxy) is 3. The molecule has 7 nitrogen and oxygen atoms in total. The van der Waals surface area contributed by atoms with Gasteiger partial charge in [0.15, 0.2) is 11.5 Å². The maximum Gasteiger partial charge on any atom is 0.343 e. The van der Waals surface area contributed by atoms with Crippen molar-refractivity contribution in [3.05, 3.63) is 89.5 Å². The predicted molar refractivity (Wildman–Crippen MR) is 122 cm³/mol. The van der Waals surface area contributed by atoms with E-state index >= 15 is 0 Å². The second kappa shape index (κ2) is 11.3. The van der Waals surface area contributed by atoms with Crippen LogP contribution >= 0.6 is 0 Å². The maximum absolute atomic E-state index is 12.5. The Morgan fingerprint density at radius 2 is 1.69 bits per heavy atom. The van der Waals surface area contributed by atoms with E-state index in [2.05, 4.69) is 10.5 Å². The third-order valence-electron chi connectivity index (χ3n) is 4.37. The summed E-state index contributed by atoms with van der Waals surface area (Å²) in [4.78, 5) is 24.5. The first-order chi connectivity index (χ1) is 15.6. The van der Waals surface area contributed by atoms with Gasteiger partial charge in [-0.2, -0.15) is 5.10 Å². The zero-order valence-electron chi connectivity index (χ0n) is 17.9. The lowest BCUT2D eigenvalue weighted by Gasteiger charge is -2.10. The third kappa shape index (κ3) is 6.18. The van der Waals surface area contributed by atoms with Gasteiger partial charge in [-0.25, -0.2) is 10.2 Å². The number of benzene rings is 3. The summed E-state index contributed by atoms with van der Waals surface area (Å²) >= 11 is 0. The largest absolute Gasteiger partial charge is 0.494 e. The molecule has 0 aliphatic rings. The van der Waals surface area contributed by atoms with Gasteiger partial charge in [0.1, 0.15) is 5.75 Å². The van der Waals surface area contributed by atoms with E-state index in [1.165, 1.54) is 13.3 Å². The molecule has 0 saturated carbocycles. The van der Waals surface area contributed by atoms with Gasteiger partial charge in [0.25, 0.3) is 5.91 Å². The molecule has 0 fully saturated rings. The van der Waals surface area contributed by atoms with Crippen molar-refractivity contribution in [3.8, 4) is 17.2 Å². The van der Waals surface area contributed by atoms with E-state index in [1.54, 1.807) is 66.7 Å². The van der Waals surface area contributed by atoms with Crippen LogP contribution in [0.5, 0.6) is 17.2 Å². The summed E-state index contributed by atoms with van der Waals surface area (Å²) in [7, 11) is 1.48. The standard InChI is InChI=1S/C25H24N2O5/c1-3-15-31-21-12-10-20(11-13-21)25(29)32-22-14-9-18(16-23(22)30-2)17-26-27-24(28)19-7-5-4-6-8-19/h4-14,16-17H,3,15H2,1-2H3,(H,27,28)/b26-17+. The van der Waals surface area contributed by atoms with Crippen LogP contribution in [0.1, 0.15) is 39.6 Å². The lowest BCUT2D eigenvalue weighted by Crippen LogP contribution is -2.17. The smallest absolute Gasteiger partial charge is 0.343 e. The number of hydrogen-bond donors (Lipinski definition) is 1. The van der Waals surface area contributed by atoms with Crippen molar-refractivity contribution in [1.29, 1.82) is 0 Å². The molecule has 0 aromatic heterocycles. The summed E-state index contributed by atoms with van der Waals surface area (Å²) < 4.78 is 16.3. The molecule has 0 saturated heterocycles. The van der Waals surface area contributed by atoms with Crippen LogP contribution in [0.25, 0.3) is 0 Å². The normalized spacial score (nSPS) is 10.6. The molecule has 1 amide bonds. The molecule has 3 aromatic carbocycles. The quantitative estimate of drug-likeness (QED) is 0.233. The number of nitrogens with zero attached hydrogens (tertiary/aromatic N) is 1. The zero-order valence-corrected chi connectivity index (χ0v) is 17.9. The summed E-state index contributed by atoms with van der Waals surface area (Å²) in [5, 5.41) is 3.96. The predicted octanol–water partition coefficient (Wildman–Crippen LogP) is 4.47. The molecule has 0 aliphatic carbocycles. The molecule has 0 heterocycles. The molecular formula is C25H24N2O5. The number of hydrogen-bond acceptors (Lipinski definition) is 6. The Hall–Kier alpha value is -4.13. The van der Waals surface area contributed by atoms with Gasteiger partial charge in [-0.3, -0.25) is 4.79 Å². The molecule has 164 valence electrons. The van der Waals surface area contributed by atoms with Crippen molar-refractivity contribution in [1.82, 2.24) is 5.43 Å². The first kappa shape index (κ1) is 22.6. The average Bonchev–Trinajstić information content (AvgIpc) is 2.84. The lowest BCUT2D eigenvalue weighted by atomic mass is 10.2. The highest BCUT2D eigenvalue weighted by atomic mass is 16.6. The summed E-state index contributed by atoms with van der Waals surface area (Å²) in [6.45, 7) is 2.64. The van der Waals surface area contributed by atoms with Crippen LogP contribution in [0.2, 0.25) is 0 Å². The molecule has 0 bridgehead atoms. The van der Waals surface area contributed by atoms with Crippen molar-refractivity contribution in [2.75, 3.05) is 13.7 Å². The number of carbonyl (C=O) groups excluding carboxylic acids is 2. The molecule has 0 atom stereocenters. The van der Waals surface area contributed by atoms with Gasteiger partial charge in [0.2, 0.25) is 0 Å². The van der Waals surface area contributed by atoms with Crippen LogP contribution in [-0.2, 0) is 0 Å². The number of esters is 1. The van der Waals surface area contributed by atoms with Crippen LogP contribution in [0, 0.1) is 0 Å². The maximum atomic E-state index is 12.5. The fourth-order valence-corrected chi connectivity index (χ4v) is 2.73. The van der Waals surface area contributed by atoms with Crippen LogP contribution in [0.4, 0.5) is 0 Å². The molecule has 3 rings (SSSR count). The van der Waals surface area contributed by atoms with Gasteiger partial charge in [0, 0.05) is 5.56 Å². The summed E-state index contributed by atoms with van der Waals surface area (Å²) in [6.07, 6.45) is 2.38. The minimum absolute atomic E-state index is 0.272. The Balaban J connectivity index is 1.63. The second-order valence-electron chi connectivity index (χ2n) is 6.74. The topological polar surface area (TPSA) is 86.2 Å². The van der Waals surface area contributed by atoms with E-state index in [1.807, 2.05) is 13.0 Å². The van der Waals surface area contributed by atoms with E-state index in [-0.39, 0.29) is 11.7 Å². The lowest BCUT2D eigenvalue weighted by molar-refractivity contribution is 0.0729. The Labute approximate surface area is 186 Å². The van der Waals surface area contributed by atoms with Crippen molar-refractivity contribution >= 4 is 18.1 Å². The summed E-state index contributed by atoms with van der Waals surface area (Å²) in [6, 6.07) is 20.5. The highest BCUT2D eigenvalue weighted by Crippen LogP contribution is 2.28. The van der Waals surface area contributed by atoms with Crippen molar-refractivity contribution in [2.24, 2.45) is 5.10 Å². The van der Waals surface area contributed by atoms with Crippen molar-refractivity contribution in [3.63, 3.8) is 0 Å². The van der Waals surface area contributed by atoms with Gasteiger partial charge in [-0.1, -0.05) is 25.1 Å².